The van der Waals surface area contributed by atoms with Gasteiger partial charge in [-0.3, -0.25) is 14.9 Å². The Kier molecular flexibility index (Phi) is 6.23. The van der Waals surface area contributed by atoms with E-state index in [2.05, 4.69) is 32.6 Å². The van der Waals surface area contributed by atoms with Gasteiger partial charge >= 0.3 is 5.00 Å². The molecule has 1 aliphatic carbocycles. The molecule has 0 saturated carbocycles. The third kappa shape index (κ3) is 5.13. The number of thioether (sulfide) groups is 1. The molecule has 1 N–H and O–H groups in total. The molecule has 2 heterocycles. The van der Waals surface area contributed by atoms with Crippen molar-refractivity contribution in [2.45, 2.75) is 37.5 Å². The maximum atomic E-state index is 12.0. The Hall–Kier alpha value is -2.99. The quantitative estimate of drug-likeness (QED) is 0.312. The largest absolute Gasteiger partial charge is 0.484 e. The lowest BCUT2D eigenvalue weighted by Crippen LogP contribution is -2.13. The number of hydrogen-bond donors (Lipinski definition) is 1. The number of nitro groups is 1. The molecule has 30 heavy (non-hydrogen) atoms. The zero-order valence-corrected chi connectivity index (χ0v) is 17.3. The number of nitrogens with zero attached hydrogens (tertiary/aromatic N) is 4. The molecule has 0 atom stereocenters. The number of anilines is 1. The summed E-state index contributed by atoms with van der Waals surface area (Å²) in [5.74, 6) is 0.696. The first-order chi connectivity index (χ1) is 14.6. The zero-order valence-electron chi connectivity index (χ0n) is 15.7. The van der Waals surface area contributed by atoms with Crippen LogP contribution >= 0.6 is 23.1 Å². The summed E-state index contributed by atoms with van der Waals surface area (Å²) in [6.45, 7) is 0.140. The molecule has 0 spiro atoms. The normalized spacial score (nSPS) is 12.9. The summed E-state index contributed by atoms with van der Waals surface area (Å²) in [5, 5.41) is 21.2. The van der Waals surface area contributed by atoms with Gasteiger partial charge in [0, 0.05) is 0 Å². The molecule has 0 aliphatic heterocycles. The van der Waals surface area contributed by atoms with E-state index in [4.69, 9.17) is 9.15 Å². The Morgan fingerprint density at radius 2 is 2.13 bits per heavy atom. The Morgan fingerprint density at radius 1 is 1.30 bits per heavy atom. The van der Waals surface area contributed by atoms with E-state index < -0.39 is 4.92 Å². The number of aromatic nitrogens is 3. The molecule has 1 aromatic carbocycles. The van der Waals surface area contributed by atoms with Crippen molar-refractivity contribution < 1.29 is 18.9 Å². The van der Waals surface area contributed by atoms with Crippen molar-refractivity contribution in [2.24, 2.45) is 0 Å². The monoisotopic (exact) mass is 447 g/mol. The van der Waals surface area contributed by atoms with E-state index in [-0.39, 0.29) is 33.6 Å². The topological polar surface area (TPSA) is 133 Å². The summed E-state index contributed by atoms with van der Waals surface area (Å²) < 4.78 is 11.2. The van der Waals surface area contributed by atoms with Gasteiger partial charge in [-0.2, -0.15) is 0 Å². The van der Waals surface area contributed by atoms with Crippen LogP contribution in [0.3, 0.4) is 0 Å². The van der Waals surface area contributed by atoms with Crippen LogP contribution in [0, 0.1) is 10.1 Å². The molecular weight excluding hydrogens is 430 g/mol. The van der Waals surface area contributed by atoms with Gasteiger partial charge in [-0.05, 0) is 60.3 Å². The highest BCUT2D eigenvalue weighted by Gasteiger charge is 2.15. The van der Waals surface area contributed by atoms with Gasteiger partial charge in [0.1, 0.15) is 11.9 Å². The maximum Gasteiger partial charge on any atom is 0.345 e. The average Bonchev–Trinajstić information content (AvgIpc) is 3.40. The van der Waals surface area contributed by atoms with Crippen LogP contribution in [-0.2, 0) is 24.2 Å². The van der Waals surface area contributed by atoms with Gasteiger partial charge in [-0.15, -0.1) is 10.2 Å². The average molecular weight is 447 g/mol. The molecule has 2 aromatic heterocycles. The Morgan fingerprint density at radius 3 is 2.93 bits per heavy atom. The first-order valence-electron chi connectivity index (χ1n) is 9.16. The predicted molar refractivity (Wildman–Crippen MR) is 110 cm³/mol. The van der Waals surface area contributed by atoms with Gasteiger partial charge in [0.2, 0.25) is 5.91 Å². The number of rotatable bonds is 8. The van der Waals surface area contributed by atoms with Crippen LogP contribution in [0.1, 0.15) is 29.9 Å². The maximum absolute atomic E-state index is 12.0. The Bertz CT molecular complexity index is 1070. The highest BCUT2D eigenvalue weighted by Crippen LogP contribution is 2.27. The van der Waals surface area contributed by atoms with Crippen LogP contribution in [0.15, 0.2) is 34.0 Å². The second-order valence-corrected chi connectivity index (χ2v) is 8.42. The standard InChI is InChI=1S/C18H17N5O5S2/c24-14(20-17-19-8-16(30-17)23(25)26)10-29-18-22-21-15(28-18)9-27-13-6-5-11-3-1-2-4-12(11)7-13/h5-8H,1-4,9-10H2,(H,19,20,24). The number of fused-ring (bicyclic) bond motifs is 1. The highest BCUT2D eigenvalue weighted by molar-refractivity contribution is 7.99. The third-order valence-corrected chi connectivity index (χ3v) is 6.06. The van der Waals surface area contributed by atoms with Gasteiger partial charge in [0.25, 0.3) is 11.1 Å². The van der Waals surface area contributed by atoms with Crippen molar-refractivity contribution in [1.29, 1.82) is 0 Å². The third-order valence-electron chi connectivity index (χ3n) is 4.38. The van der Waals surface area contributed by atoms with Gasteiger partial charge in [0.05, 0.1) is 10.7 Å². The lowest BCUT2D eigenvalue weighted by atomic mass is 9.92. The Balaban J connectivity index is 1.24. The molecule has 12 heteroatoms. The summed E-state index contributed by atoms with van der Waals surface area (Å²) in [5.41, 5.74) is 2.72. The first kappa shape index (κ1) is 20.3. The van der Waals surface area contributed by atoms with E-state index in [0.717, 1.165) is 47.9 Å². The van der Waals surface area contributed by atoms with Gasteiger partial charge in [0.15, 0.2) is 11.7 Å². The number of benzene rings is 1. The van der Waals surface area contributed by atoms with Crippen LogP contribution in [0.4, 0.5) is 10.1 Å². The van der Waals surface area contributed by atoms with Crippen molar-refractivity contribution in [3.05, 3.63) is 51.5 Å². The van der Waals surface area contributed by atoms with E-state index in [1.54, 1.807) is 0 Å². The lowest BCUT2D eigenvalue weighted by molar-refractivity contribution is -0.380. The van der Waals surface area contributed by atoms with E-state index in [0.29, 0.717) is 5.89 Å². The van der Waals surface area contributed by atoms with E-state index in [1.807, 2.05) is 6.07 Å². The van der Waals surface area contributed by atoms with Gasteiger partial charge in [-0.25, -0.2) is 4.98 Å². The summed E-state index contributed by atoms with van der Waals surface area (Å²) >= 11 is 1.85. The Labute approximate surface area is 179 Å². The van der Waals surface area contributed by atoms with E-state index >= 15 is 0 Å². The molecule has 10 nitrogen and oxygen atoms in total. The number of amides is 1. The number of aryl methyl sites for hydroxylation is 2. The van der Waals surface area contributed by atoms with Crippen molar-refractivity contribution in [3.63, 3.8) is 0 Å². The molecule has 0 bridgehead atoms. The molecule has 1 aliphatic rings. The summed E-state index contributed by atoms with van der Waals surface area (Å²) in [6.07, 6.45) is 5.72. The molecule has 4 rings (SSSR count). The first-order valence-corrected chi connectivity index (χ1v) is 11.0. The van der Waals surface area contributed by atoms with Crippen molar-refractivity contribution in [2.75, 3.05) is 11.1 Å². The summed E-state index contributed by atoms with van der Waals surface area (Å²) in [7, 11) is 0. The number of carbonyl (C=O) groups excluding carboxylic acids is 1. The minimum absolute atomic E-state index is 0.000685. The predicted octanol–water partition coefficient (Wildman–Crippen LogP) is 3.62. The number of hydrogen-bond acceptors (Lipinski definition) is 10. The fourth-order valence-corrected chi connectivity index (χ4v) is 4.22. The van der Waals surface area contributed by atoms with Gasteiger partial charge < -0.3 is 14.5 Å². The molecule has 0 radical (unpaired) electrons. The van der Waals surface area contributed by atoms with Gasteiger partial charge in [-0.1, -0.05) is 17.8 Å². The molecule has 156 valence electrons. The summed E-state index contributed by atoms with van der Waals surface area (Å²) in [6, 6.07) is 6.12. The van der Waals surface area contributed by atoms with Crippen molar-refractivity contribution >= 4 is 39.1 Å². The van der Waals surface area contributed by atoms with Crippen LogP contribution in [-0.4, -0.2) is 31.8 Å². The lowest BCUT2D eigenvalue weighted by Gasteiger charge is -2.16. The number of thiazole rings is 1. The molecule has 3 aromatic rings. The second-order valence-electron chi connectivity index (χ2n) is 6.49. The molecular formula is C18H17N5O5S2. The zero-order chi connectivity index (χ0) is 20.9. The SMILES string of the molecule is O=C(CSc1nnc(COc2ccc3c(c2)CCCC3)o1)Nc1ncc([N+](=O)[O-])s1. The highest BCUT2D eigenvalue weighted by atomic mass is 32.2. The number of carbonyl (C=O) groups is 1. The van der Waals surface area contributed by atoms with Crippen LogP contribution in [0.25, 0.3) is 0 Å². The van der Waals surface area contributed by atoms with Crippen molar-refractivity contribution in [1.82, 2.24) is 15.2 Å². The second kappa shape index (κ2) is 9.22. The summed E-state index contributed by atoms with van der Waals surface area (Å²) in [4.78, 5) is 25.8. The molecule has 0 unspecified atom stereocenters. The fraction of sp³-hybridized carbons (Fsp3) is 0.333. The molecule has 0 saturated heterocycles. The van der Waals surface area contributed by atoms with Crippen LogP contribution in [0.5, 0.6) is 5.75 Å². The smallest absolute Gasteiger partial charge is 0.345 e. The number of nitrogens with one attached hydrogen (secondary N) is 1. The number of ether oxygens (including phenoxy) is 1. The molecule has 1 amide bonds. The van der Waals surface area contributed by atoms with E-state index in [1.165, 1.54) is 24.0 Å². The van der Waals surface area contributed by atoms with Crippen molar-refractivity contribution in [3.8, 4) is 5.75 Å². The molecule has 0 fully saturated rings. The van der Waals surface area contributed by atoms with Crippen LogP contribution in [0.2, 0.25) is 0 Å². The van der Waals surface area contributed by atoms with Crippen LogP contribution < -0.4 is 10.1 Å². The minimum atomic E-state index is -0.561. The van der Waals surface area contributed by atoms with E-state index in [9.17, 15) is 14.9 Å². The minimum Gasteiger partial charge on any atom is -0.484 e. The fourth-order valence-electron chi connectivity index (χ4n) is 2.99.